The number of anilines is 3. The van der Waals surface area contributed by atoms with Gasteiger partial charge in [0.2, 0.25) is 5.95 Å². The van der Waals surface area contributed by atoms with Crippen molar-refractivity contribution in [3.05, 3.63) is 59.6 Å². The van der Waals surface area contributed by atoms with Crippen LogP contribution in [-0.4, -0.2) is 74.7 Å². The van der Waals surface area contributed by atoms with Gasteiger partial charge in [-0.15, -0.1) is 0 Å². The first-order valence-electron chi connectivity index (χ1n) is 14.6. The van der Waals surface area contributed by atoms with Crippen molar-refractivity contribution < 1.29 is 14.6 Å². The summed E-state index contributed by atoms with van der Waals surface area (Å²) in [6, 6.07) is 7.05. The summed E-state index contributed by atoms with van der Waals surface area (Å²) in [7, 11) is 1.78. The maximum atomic E-state index is 12.4. The van der Waals surface area contributed by atoms with Crippen molar-refractivity contribution in [3.8, 4) is 5.75 Å². The third-order valence-corrected chi connectivity index (χ3v) is 7.69. The molecule has 1 saturated heterocycles. The minimum Gasteiger partial charge on any atom is -0.507 e. The van der Waals surface area contributed by atoms with E-state index in [0.29, 0.717) is 47.5 Å². The standard InChI is InChI=1S/C31H41N9O3/c1-31(2,3)43-30(42)39-13-9-20(10-14-39)21-18-35-29(36-19-21)38-15-11-22(12-16-38)40-25(27(33)28(34-4)37-40)17-24(32)23-7-5-6-8-26(23)41/h5-9,17-19,22,41H,10-16,32-33H2,1-4H3,(H,34,37)/b24-17-. The molecular weight excluding hydrogens is 546 g/mol. The van der Waals surface area contributed by atoms with E-state index in [2.05, 4.69) is 20.2 Å². The van der Waals surface area contributed by atoms with Crippen LogP contribution in [0.4, 0.5) is 22.2 Å². The molecule has 5 rings (SSSR count). The third-order valence-electron chi connectivity index (χ3n) is 7.69. The van der Waals surface area contributed by atoms with E-state index in [1.165, 1.54) is 0 Å². The van der Waals surface area contributed by atoms with Gasteiger partial charge in [-0.1, -0.05) is 18.2 Å². The number of nitrogens with two attached hydrogens (primary N) is 2. The summed E-state index contributed by atoms with van der Waals surface area (Å²) in [6.07, 6.45) is 9.61. The average Bonchev–Trinajstić information content (AvgIpc) is 3.31. The number of benzene rings is 1. The van der Waals surface area contributed by atoms with Crippen LogP contribution in [0.25, 0.3) is 17.3 Å². The molecule has 0 atom stereocenters. The minimum atomic E-state index is -0.513. The van der Waals surface area contributed by atoms with Gasteiger partial charge >= 0.3 is 6.09 Å². The molecule has 12 heteroatoms. The highest BCUT2D eigenvalue weighted by Gasteiger charge is 2.27. The van der Waals surface area contributed by atoms with Crippen LogP contribution in [0, 0.1) is 0 Å². The number of piperidine rings is 1. The van der Waals surface area contributed by atoms with Gasteiger partial charge in [0.15, 0.2) is 5.82 Å². The summed E-state index contributed by atoms with van der Waals surface area (Å²) in [6.45, 7) is 8.22. The number of para-hydroxylation sites is 1. The monoisotopic (exact) mass is 587 g/mol. The van der Waals surface area contributed by atoms with Gasteiger partial charge in [0.05, 0.1) is 11.7 Å². The van der Waals surface area contributed by atoms with Crippen LogP contribution in [0.1, 0.15) is 62.9 Å². The van der Waals surface area contributed by atoms with Crippen LogP contribution >= 0.6 is 0 Å². The number of phenols is 1. The van der Waals surface area contributed by atoms with Crippen LogP contribution in [0.5, 0.6) is 5.75 Å². The average molecular weight is 588 g/mol. The van der Waals surface area contributed by atoms with Crippen molar-refractivity contribution in [3.63, 3.8) is 0 Å². The van der Waals surface area contributed by atoms with Crippen LogP contribution in [0.3, 0.4) is 0 Å². The van der Waals surface area contributed by atoms with Crippen LogP contribution in [-0.2, 0) is 4.74 Å². The van der Waals surface area contributed by atoms with Crippen molar-refractivity contribution in [2.24, 2.45) is 5.73 Å². The Balaban J connectivity index is 1.24. The van der Waals surface area contributed by atoms with Crippen LogP contribution in [0.15, 0.2) is 42.7 Å². The number of phenolic OH excluding ortho intramolecular Hbond substituents is 1. The molecule has 1 amide bonds. The third kappa shape index (κ3) is 6.68. The van der Waals surface area contributed by atoms with Crippen molar-refractivity contribution >= 4 is 40.9 Å². The number of nitrogens with one attached hydrogen (secondary N) is 1. The highest BCUT2D eigenvalue weighted by atomic mass is 16.6. The molecule has 0 bridgehead atoms. The number of ether oxygens (including phenoxy) is 1. The molecule has 2 aliphatic heterocycles. The van der Waals surface area contributed by atoms with E-state index in [1.807, 2.05) is 50.0 Å². The Kier molecular flexibility index (Phi) is 8.47. The van der Waals surface area contributed by atoms with E-state index in [9.17, 15) is 9.90 Å². The molecule has 0 spiro atoms. The summed E-state index contributed by atoms with van der Waals surface area (Å²) < 4.78 is 7.43. The molecule has 2 aliphatic rings. The number of nitrogens with zero attached hydrogens (tertiary/aromatic N) is 6. The first kappa shape index (κ1) is 29.7. The number of carbonyl (C=O) groups excluding carboxylic acids is 1. The Morgan fingerprint density at radius 1 is 1.14 bits per heavy atom. The van der Waals surface area contributed by atoms with Crippen molar-refractivity contribution in [2.45, 2.75) is 51.7 Å². The van der Waals surface area contributed by atoms with Gasteiger partial charge in [-0.2, -0.15) is 5.10 Å². The molecule has 43 heavy (non-hydrogen) atoms. The smallest absolute Gasteiger partial charge is 0.410 e. The number of hydrogen-bond donors (Lipinski definition) is 4. The predicted octanol–water partition coefficient (Wildman–Crippen LogP) is 4.33. The van der Waals surface area contributed by atoms with Crippen molar-refractivity contribution in [1.29, 1.82) is 0 Å². The lowest BCUT2D eigenvalue weighted by Gasteiger charge is -2.32. The Hall–Kier alpha value is -4.74. The number of rotatable bonds is 6. The molecule has 0 radical (unpaired) electrons. The van der Waals surface area contributed by atoms with E-state index >= 15 is 0 Å². The van der Waals surface area contributed by atoms with Gasteiger partial charge in [-0.25, -0.2) is 14.8 Å². The fraction of sp³-hybridized carbons (Fsp3) is 0.419. The van der Waals surface area contributed by atoms with Crippen molar-refractivity contribution in [1.82, 2.24) is 24.6 Å². The quantitative estimate of drug-likeness (QED) is 0.327. The molecule has 3 aromatic rings. The zero-order valence-electron chi connectivity index (χ0n) is 25.2. The summed E-state index contributed by atoms with van der Waals surface area (Å²) >= 11 is 0. The van der Waals surface area contributed by atoms with Gasteiger partial charge in [-0.05, 0) is 63.8 Å². The van der Waals surface area contributed by atoms with E-state index in [1.54, 1.807) is 36.2 Å². The van der Waals surface area contributed by atoms with Crippen LogP contribution in [0.2, 0.25) is 0 Å². The Morgan fingerprint density at radius 3 is 2.44 bits per heavy atom. The van der Waals surface area contributed by atoms with Gasteiger partial charge in [-0.3, -0.25) is 4.68 Å². The van der Waals surface area contributed by atoms with Crippen molar-refractivity contribution in [2.75, 3.05) is 49.2 Å². The first-order valence-corrected chi connectivity index (χ1v) is 14.6. The van der Waals surface area contributed by atoms with Gasteiger partial charge < -0.3 is 36.4 Å². The van der Waals surface area contributed by atoms with E-state index in [0.717, 1.165) is 43.5 Å². The summed E-state index contributed by atoms with van der Waals surface area (Å²) in [5, 5.41) is 18.1. The Morgan fingerprint density at radius 2 is 1.84 bits per heavy atom. The molecule has 228 valence electrons. The molecule has 6 N–H and O–H groups in total. The second-order valence-corrected chi connectivity index (χ2v) is 11.9. The molecule has 12 nitrogen and oxygen atoms in total. The SMILES string of the molecule is CNc1nn(C2CCN(c3ncc(C4=CCN(C(=O)OC(C)(C)C)CC4)cn3)CC2)c(/C=C(\N)c2ccccc2O)c1N. The number of carbonyl (C=O) groups is 1. The molecule has 4 heterocycles. The fourth-order valence-electron chi connectivity index (χ4n) is 5.39. The molecule has 0 unspecified atom stereocenters. The second kappa shape index (κ2) is 12.2. The van der Waals surface area contributed by atoms with Gasteiger partial charge in [0, 0.05) is 62.4 Å². The molecule has 0 saturated carbocycles. The lowest BCUT2D eigenvalue weighted by Crippen LogP contribution is -2.39. The lowest BCUT2D eigenvalue weighted by atomic mass is 10.0. The highest BCUT2D eigenvalue weighted by Crippen LogP contribution is 2.34. The zero-order chi connectivity index (χ0) is 30.7. The number of amides is 1. The molecule has 1 aromatic carbocycles. The predicted molar refractivity (Wildman–Crippen MR) is 169 cm³/mol. The van der Waals surface area contributed by atoms with Gasteiger partial charge in [0.1, 0.15) is 17.0 Å². The lowest BCUT2D eigenvalue weighted by molar-refractivity contribution is 0.0270. The van der Waals surface area contributed by atoms with E-state index in [4.69, 9.17) is 21.3 Å². The largest absolute Gasteiger partial charge is 0.507 e. The maximum Gasteiger partial charge on any atom is 0.410 e. The summed E-state index contributed by atoms with van der Waals surface area (Å²) in [5.41, 5.74) is 16.6. The number of aromatic hydroxyl groups is 1. The van der Waals surface area contributed by atoms with E-state index < -0.39 is 5.60 Å². The molecular formula is C31H41N9O3. The zero-order valence-corrected chi connectivity index (χ0v) is 25.2. The summed E-state index contributed by atoms with van der Waals surface area (Å²) in [5.74, 6) is 1.38. The Bertz CT molecular complexity index is 1510. The number of aromatic nitrogens is 4. The Labute approximate surface area is 252 Å². The topological polar surface area (TPSA) is 161 Å². The molecule has 1 fully saturated rings. The summed E-state index contributed by atoms with van der Waals surface area (Å²) in [4.78, 5) is 25.6. The minimum absolute atomic E-state index is 0.101. The van der Waals surface area contributed by atoms with Crippen LogP contribution < -0.4 is 21.7 Å². The molecule has 2 aromatic heterocycles. The molecule has 0 aliphatic carbocycles. The maximum absolute atomic E-state index is 12.4. The number of nitrogen functional groups attached to an aromatic ring is 1. The highest BCUT2D eigenvalue weighted by molar-refractivity contribution is 5.86. The van der Waals surface area contributed by atoms with Gasteiger partial charge in [0.25, 0.3) is 0 Å². The number of hydrogen-bond acceptors (Lipinski definition) is 10. The van der Waals surface area contributed by atoms with E-state index in [-0.39, 0.29) is 17.9 Å². The first-order chi connectivity index (χ1) is 20.5. The normalized spacial score (nSPS) is 16.7. The second-order valence-electron chi connectivity index (χ2n) is 11.9. The fourth-order valence-corrected chi connectivity index (χ4v) is 5.39.